The Morgan fingerprint density at radius 2 is 1.70 bits per heavy atom. The number of carbonyl (C=O) groups excluding carboxylic acids is 1. The van der Waals surface area contributed by atoms with Crippen molar-refractivity contribution in [3.8, 4) is 17.1 Å². The molecule has 1 N–H and O–H groups in total. The zero-order valence-electron chi connectivity index (χ0n) is 15.9. The van der Waals surface area contributed by atoms with E-state index in [0.29, 0.717) is 34.7 Å². The number of nitrogens with zero attached hydrogens (tertiary/aromatic N) is 2. The maximum atomic E-state index is 12.7. The molecule has 0 aliphatic heterocycles. The number of nitrogens with one attached hydrogen (secondary N) is 1. The molecule has 0 fully saturated rings. The van der Waals surface area contributed by atoms with Gasteiger partial charge < -0.3 is 14.6 Å². The summed E-state index contributed by atoms with van der Waals surface area (Å²) in [7, 11) is 0. The second-order valence-electron chi connectivity index (χ2n) is 6.47. The number of benzene rings is 3. The average molecular weight is 420 g/mol. The van der Waals surface area contributed by atoms with E-state index in [4.69, 9.17) is 20.9 Å². The minimum absolute atomic E-state index is 0.115. The molecule has 0 bridgehead atoms. The van der Waals surface area contributed by atoms with Gasteiger partial charge in [-0.15, -0.1) is 0 Å². The quantitative estimate of drug-likeness (QED) is 0.461. The van der Waals surface area contributed by atoms with Crippen molar-refractivity contribution in [2.75, 3.05) is 0 Å². The maximum Gasteiger partial charge on any atom is 0.255 e. The molecule has 4 rings (SSSR count). The van der Waals surface area contributed by atoms with E-state index in [0.717, 1.165) is 11.1 Å². The highest BCUT2D eigenvalue weighted by Crippen LogP contribution is 2.20. The molecule has 4 aromatic rings. The van der Waals surface area contributed by atoms with Gasteiger partial charge in [0.25, 0.3) is 5.91 Å². The number of hydrogen-bond donors (Lipinski definition) is 1. The molecule has 0 aliphatic rings. The van der Waals surface area contributed by atoms with Crippen molar-refractivity contribution >= 4 is 17.5 Å². The summed E-state index contributed by atoms with van der Waals surface area (Å²) in [6, 6.07) is 23.9. The highest BCUT2D eigenvalue weighted by atomic mass is 35.5. The summed E-state index contributed by atoms with van der Waals surface area (Å²) in [6.07, 6.45) is 0. The van der Waals surface area contributed by atoms with Gasteiger partial charge in [0, 0.05) is 10.6 Å². The van der Waals surface area contributed by atoms with Crippen LogP contribution in [0.3, 0.4) is 0 Å². The molecule has 0 aliphatic carbocycles. The standard InChI is InChI=1S/C23H18ClN3O3/c24-18-12-10-16(11-13-18)15-29-20-9-5-4-8-19(20)23(28)25-14-21-26-22(27-30-21)17-6-2-1-3-7-17/h1-13H,14-15H2,(H,25,28). The monoisotopic (exact) mass is 419 g/mol. The largest absolute Gasteiger partial charge is 0.488 e. The second kappa shape index (κ2) is 9.24. The van der Waals surface area contributed by atoms with E-state index in [9.17, 15) is 4.79 Å². The Balaban J connectivity index is 1.39. The third kappa shape index (κ3) is 4.85. The molecule has 0 saturated heterocycles. The minimum atomic E-state index is -0.291. The average Bonchev–Trinajstić information content (AvgIpc) is 3.27. The Labute approximate surface area is 178 Å². The molecular formula is C23H18ClN3O3. The van der Waals surface area contributed by atoms with Crippen LogP contribution < -0.4 is 10.1 Å². The summed E-state index contributed by atoms with van der Waals surface area (Å²) in [5, 5.41) is 7.41. The van der Waals surface area contributed by atoms with E-state index in [-0.39, 0.29) is 12.5 Å². The van der Waals surface area contributed by atoms with Crippen LogP contribution in [-0.4, -0.2) is 16.0 Å². The van der Waals surface area contributed by atoms with E-state index in [1.54, 1.807) is 30.3 Å². The van der Waals surface area contributed by atoms with Crippen LogP contribution in [0, 0.1) is 0 Å². The molecule has 0 spiro atoms. The molecular weight excluding hydrogens is 402 g/mol. The lowest BCUT2D eigenvalue weighted by Crippen LogP contribution is -2.23. The number of halogens is 1. The Kier molecular flexibility index (Phi) is 6.06. The van der Waals surface area contributed by atoms with Crippen molar-refractivity contribution in [2.24, 2.45) is 0 Å². The number of hydrogen-bond acceptors (Lipinski definition) is 5. The SMILES string of the molecule is O=C(NCc1nc(-c2ccccc2)no1)c1ccccc1OCc1ccc(Cl)cc1. The third-order valence-electron chi connectivity index (χ3n) is 4.34. The fourth-order valence-corrected chi connectivity index (χ4v) is 2.93. The Morgan fingerprint density at radius 3 is 2.50 bits per heavy atom. The molecule has 6 nitrogen and oxygen atoms in total. The predicted molar refractivity (Wildman–Crippen MR) is 113 cm³/mol. The topological polar surface area (TPSA) is 77.3 Å². The van der Waals surface area contributed by atoms with Crippen LogP contribution in [0.1, 0.15) is 21.8 Å². The van der Waals surface area contributed by atoms with Gasteiger partial charge in [-0.1, -0.05) is 71.4 Å². The lowest BCUT2D eigenvalue weighted by atomic mass is 10.2. The van der Waals surface area contributed by atoms with Crippen LogP contribution in [0.25, 0.3) is 11.4 Å². The lowest BCUT2D eigenvalue weighted by Gasteiger charge is -2.11. The van der Waals surface area contributed by atoms with E-state index in [1.165, 1.54) is 0 Å². The van der Waals surface area contributed by atoms with Crippen LogP contribution in [0.15, 0.2) is 83.4 Å². The highest BCUT2D eigenvalue weighted by molar-refractivity contribution is 6.30. The maximum absolute atomic E-state index is 12.7. The third-order valence-corrected chi connectivity index (χ3v) is 4.59. The Morgan fingerprint density at radius 1 is 0.967 bits per heavy atom. The van der Waals surface area contributed by atoms with Gasteiger partial charge in [-0.25, -0.2) is 0 Å². The first-order valence-corrected chi connectivity index (χ1v) is 9.69. The number of para-hydroxylation sites is 1. The molecule has 7 heteroatoms. The van der Waals surface area contributed by atoms with E-state index >= 15 is 0 Å². The predicted octanol–water partition coefficient (Wildman–Crippen LogP) is 4.90. The molecule has 0 unspecified atom stereocenters. The molecule has 1 aromatic heterocycles. The zero-order chi connectivity index (χ0) is 20.8. The first-order chi connectivity index (χ1) is 14.7. The molecule has 0 radical (unpaired) electrons. The van der Waals surface area contributed by atoms with Crippen molar-refractivity contribution in [1.82, 2.24) is 15.5 Å². The van der Waals surface area contributed by atoms with Gasteiger partial charge in [0.05, 0.1) is 12.1 Å². The molecule has 1 amide bonds. The summed E-state index contributed by atoms with van der Waals surface area (Å²) in [4.78, 5) is 17.0. The second-order valence-corrected chi connectivity index (χ2v) is 6.91. The van der Waals surface area contributed by atoms with Crippen LogP contribution in [0.4, 0.5) is 0 Å². The van der Waals surface area contributed by atoms with Crippen molar-refractivity contribution < 1.29 is 14.1 Å². The van der Waals surface area contributed by atoms with Gasteiger partial charge in [0.15, 0.2) is 0 Å². The number of ether oxygens (including phenoxy) is 1. The summed E-state index contributed by atoms with van der Waals surface area (Å²) in [5.74, 6) is 0.995. The van der Waals surface area contributed by atoms with Crippen molar-refractivity contribution in [3.63, 3.8) is 0 Å². The summed E-state index contributed by atoms with van der Waals surface area (Å²) < 4.78 is 11.1. The van der Waals surface area contributed by atoms with Gasteiger partial charge in [-0.05, 0) is 29.8 Å². The van der Waals surface area contributed by atoms with Gasteiger partial charge >= 0.3 is 0 Å². The molecule has 150 valence electrons. The first kappa shape index (κ1) is 19.7. The first-order valence-electron chi connectivity index (χ1n) is 9.31. The summed E-state index contributed by atoms with van der Waals surface area (Å²) in [5.41, 5.74) is 2.22. The summed E-state index contributed by atoms with van der Waals surface area (Å²) in [6.45, 7) is 0.440. The van der Waals surface area contributed by atoms with Gasteiger partial charge in [0.1, 0.15) is 12.4 Å². The van der Waals surface area contributed by atoms with Gasteiger partial charge in [0.2, 0.25) is 11.7 Å². The number of aromatic nitrogens is 2. The highest BCUT2D eigenvalue weighted by Gasteiger charge is 2.14. The van der Waals surface area contributed by atoms with Crippen LogP contribution in [-0.2, 0) is 13.2 Å². The lowest BCUT2D eigenvalue weighted by molar-refractivity contribution is 0.0941. The summed E-state index contributed by atoms with van der Waals surface area (Å²) >= 11 is 5.91. The van der Waals surface area contributed by atoms with Crippen LogP contribution in [0.2, 0.25) is 5.02 Å². The van der Waals surface area contributed by atoms with E-state index in [2.05, 4.69) is 15.5 Å². The molecule has 1 heterocycles. The van der Waals surface area contributed by atoms with Gasteiger partial charge in [-0.2, -0.15) is 4.98 Å². The Hall–Kier alpha value is -3.64. The minimum Gasteiger partial charge on any atom is -0.488 e. The van der Waals surface area contributed by atoms with Crippen LogP contribution >= 0.6 is 11.6 Å². The zero-order valence-corrected chi connectivity index (χ0v) is 16.7. The van der Waals surface area contributed by atoms with Crippen molar-refractivity contribution in [1.29, 1.82) is 0 Å². The van der Waals surface area contributed by atoms with Gasteiger partial charge in [-0.3, -0.25) is 4.79 Å². The molecule has 0 atom stereocenters. The van der Waals surface area contributed by atoms with Crippen LogP contribution in [0.5, 0.6) is 5.75 Å². The molecule has 3 aromatic carbocycles. The molecule has 0 saturated carbocycles. The smallest absolute Gasteiger partial charge is 0.255 e. The fraction of sp³-hybridized carbons (Fsp3) is 0.0870. The number of carbonyl (C=O) groups is 1. The number of rotatable bonds is 7. The van der Waals surface area contributed by atoms with Crippen molar-refractivity contribution in [3.05, 3.63) is 101 Å². The van der Waals surface area contributed by atoms with Crippen molar-refractivity contribution in [2.45, 2.75) is 13.2 Å². The fourth-order valence-electron chi connectivity index (χ4n) is 2.80. The molecule has 30 heavy (non-hydrogen) atoms. The van der Waals surface area contributed by atoms with E-state index in [1.807, 2.05) is 48.5 Å². The van der Waals surface area contributed by atoms with E-state index < -0.39 is 0 Å². The normalized spacial score (nSPS) is 10.6. The number of amides is 1. The Bertz CT molecular complexity index is 1130.